The van der Waals surface area contributed by atoms with E-state index in [4.69, 9.17) is 5.26 Å². The summed E-state index contributed by atoms with van der Waals surface area (Å²) in [5.74, 6) is 0. The third-order valence-corrected chi connectivity index (χ3v) is 3.68. The monoisotopic (exact) mass is 283 g/mol. The highest BCUT2D eigenvalue weighted by Gasteiger charge is 2.32. The van der Waals surface area contributed by atoms with Crippen molar-refractivity contribution in [1.29, 1.82) is 5.26 Å². The van der Waals surface area contributed by atoms with Crippen LogP contribution in [0.5, 0.6) is 0 Å². The van der Waals surface area contributed by atoms with E-state index in [2.05, 4.69) is 4.90 Å². The average molecular weight is 283 g/mol. The molecule has 2 rings (SSSR count). The molecule has 20 heavy (non-hydrogen) atoms. The molecule has 0 aliphatic carbocycles. The van der Waals surface area contributed by atoms with Crippen LogP contribution in [-0.2, 0) is 6.18 Å². The molecule has 0 spiro atoms. The third-order valence-electron chi connectivity index (χ3n) is 3.68. The van der Waals surface area contributed by atoms with E-state index in [1.165, 1.54) is 6.07 Å². The van der Waals surface area contributed by atoms with Gasteiger partial charge >= 0.3 is 6.18 Å². The lowest BCUT2D eigenvalue weighted by molar-refractivity contribution is -0.137. The van der Waals surface area contributed by atoms with E-state index in [1.54, 1.807) is 0 Å². The lowest BCUT2D eigenvalue weighted by Crippen LogP contribution is -2.31. The zero-order valence-electron chi connectivity index (χ0n) is 11.4. The summed E-state index contributed by atoms with van der Waals surface area (Å²) in [4.78, 5) is 4.07. The van der Waals surface area contributed by atoms with Gasteiger partial charge in [-0.15, -0.1) is 0 Å². The van der Waals surface area contributed by atoms with E-state index in [9.17, 15) is 13.2 Å². The highest BCUT2D eigenvalue weighted by atomic mass is 19.4. The first kappa shape index (κ1) is 14.7. The molecule has 1 heterocycles. The number of rotatable bonds is 2. The molecule has 1 saturated heterocycles. The summed E-state index contributed by atoms with van der Waals surface area (Å²) >= 11 is 0. The van der Waals surface area contributed by atoms with Gasteiger partial charge in [0, 0.05) is 19.1 Å². The molecule has 0 amide bonds. The van der Waals surface area contributed by atoms with Crippen LogP contribution in [0.4, 0.5) is 18.9 Å². The van der Waals surface area contributed by atoms with Gasteiger partial charge in [-0.3, -0.25) is 0 Å². The fourth-order valence-electron chi connectivity index (χ4n) is 2.46. The topological polar surface area (TPSA) is 30.3 Å². The van der Waals surface area contributed by atoms with E-state index in [0.29, 0.717) is 11.7 Å². The number of alkyl halides is 3. The van der Waals surface area contributed by atoms with Gasteiger partial charge in [0.15, 0.2) is 0 Å². The minimum absolute atomic E-state index is 0.0826. The van der Waals surface area contributed by atoms with Gasteiger partial charge in [-0.2, -0.15) is 18.4 Å². The van der Waals surface area contributed by atoms with Crippen molar-refractivity contribution in [1.82, 2.24) is 4.90 Å². The number of anilines is 1. The Morgan fingerprint density at radius 2 is 2.05 bits per heavy atom. The Labute approximate surface area is 116 Å². The summed E-state index contributed by atoms with van der Waals surface area (Å²) in [7, 11) is 3.96. The first-order chi connectivity index (χ1) is 9.32. The predicted octanol–water partition coefficient (Wildman–Crippen LogP) is 2.72. The van der Waals surface area contributed by atoms with Crippen molar-refractivity contribution >= 4 is 5.69 Å². The molecule has 1 atom stereocenters. The third kappa shape index (κ3) is 2.88. The van der Waals surface area contributed by atoms with Gasteiger partial charge in [0.25, 0.3) is 0 Å². The van der Waals surface area contributed by atoms with Gasteiger partial charge in [0.05, 0.1) is 16.8 Å². The van der Waals surface area contributed by atoms with Crippen molar-refractivity contribution in [3.63, 3.8) is 0 Å². The van der Waals surface area contributed by atoms with Crippen LogP contribution < -0.4 is 4.90 Å². The number of nitrogens with zero attached hydrogens (tertiary/aromatic N) is 3. The maximum Gasteiger partial charge on any atom is 0.416 e. The Kier molecular flexibility index (Phi) is 3.91. The van der Waals surface area contributed by atoms with Crippen LogP contribution in [0.2, 0.25) is 0 Å². The molecule has 0 saturated carbocycles. The molecule has 1 fully saturated rings. The molecule has 0 bridgehead atoms. The Morgan fingerprint density at radius 3 is 2.55 bits per heavy atom. The van der Waals surface area contributed by atoms with Crippen LogP contribution in [0.3, 0.4) is 0 Å². The Hall–Kier alpha value is -1.74. The highest BCUT2D eigenvalue weighted by molar-refractivity contribution is 5.61. The maximum atomic E-state index is 12.7. The van der Waals surface area contributed by atoms with Crippen molar-refractivity contribution < 1.29 is 13.2 Å². The Balaban J connectivity index is 2.28. The quantitative estimate of drug-likeness (QED) is 0.836. The van der Waals surface area contributed by atoms with Crippen molar-refractivity contribution in [3.05, 3.63) is 29.3 Å². The van der Waals surface area contributed by atoms with E-state index < -0.39 is 11.7 Å². The summed E-state index contributed by atoms with van der Waals surface area (Å²) < 4.78 is 38.0. The smallest absolute Gasteiger partial charge is 0.369 e. The van der Waals surface area contributed by atoms with Crippen molar-refractivity contribution in [3.8, 4) is 6.07 Å². The molecule has 3 nitrogen and oxygen atoms in total. The van der Waals surface area contributed by atoms with Crippen molar-refractivity contribution in [2.75, 3.05) is 32.1 Å². The minimum Gasteiger partial charge on any atom is -0.369 e. The molecule has 6 heteroatoms. The lowest BCUT2D eigenvalue weighted by Gasteiger charge is -2.23. The van der Waals surface area contributed by atoms with Crippen LogP contribution >= 0.6 is 0 Å². The zero-order valence-corrected chi connectivity index (χ0v) is 11.4. The highest BCUT2D eigenvalue weighted by Crippen LogP contribution is 2.33. The van der Waals surface area contributed by atoms with E-state index in [0.717, 1.165) is 31.6 Å². The molecule has 1 aliphatic heterocycles. The molecule has 1 aromatic rings. The normalized spacial score (nSPS) is 19.4. The summed E-state index contributed by atoms with van der Waals surface area (Å²) in [6, 6.07) is 5.61. The second-order valence-corrected chi connectivity index (χ2v) is 5.19. The van der Waals surface area contributed by atoms with Crippen LogP contribution in [-0.4, -0.2) is 38.1 Å². The number of likely N-dealkylation sites (N-methyl/N-ethyl adjacent to an activating group) is 1. The standard InChI is InChI=1S/C14H16F3N3/c1-19(2)12-5-6-20(9-12)13-4-3-11(14(15,16)17)7-10(13)8-18/h3-4,7,12H,5-6,9H2,1-2H3. The number of halogens is 3. The molecule has 0 N–H and O–H groups in total. The zero-order chi connectivity index (χ0) is 14.9. The number of nitriles is 1. The van der Waals surface area contributed by atoms with Gasteiger partial charge < -0.3 is 9.80 Å². The van der Waals surface area contributed by atoms with E-state index in [1.807, 2.05) is 25.1 Å². The van der Waals surface area contributed by atoms with Gasteiger partial charge in [-0.1, -0.05) is 0 Å². The largest absolute Gasteiger partial charge is 0.416 e. The fourth-order valence-corrected chi connectivity index (χ4v) is 2.46. The summed E-state index contributed by atoms with van der Waals surface area (Å²) in [6.45, 7) is 1.48. The molecule has 1 unspecified atom stereocenters. The summed E-state index contributed by atoms with van der Waals surface area (Å²) in [5.41, 5.74) is -0.106. The number of hydrogen-bond donors (Lipinski definition) is 0. The summed E-state index contributed by atoms with van der Waals surface area (Å²) in [5, 5.41) is 9.09. The molecular formula is C14H16F3N3. The fraction of sp³-hybridized carbons (Fsp3) is 0.500. The SMILES string of the molecule is CN(C)C1CCN(c2ccc(C(F)(F)F)cc2C#N)C1. The van der Waals surface area contributed by atoms with Crippen LogP contribution in [0.25, 0.3) is 0 Å². The predicted molar refractivity (Wildman–Crippen MR) is 70.5 cm³/mol. The summed E-state index contributed by atoms with van der Waals surface area (Å²) in [6.07, 6.45) is -3.47. The maximum absolute atomic E-state index is 12.7. The molecule has 1 aromatic carbocycles. The van der Waals surface area contributed by atoms with Crippen LogP contribution in [0, 0.1) is 11.3 Å². The van der Waals surface area contributed by atoms with Crippen molar-refractivity contribution in [2.45, 2.75) is 18.6 Å². The van der Waals surface area contributed by atoms with Gasteiger partial charge in [-0.25, -0.2) is 0 Å². The molecular weight excluding hydrogens is 267 g/mol. The number of hydrogen-bond acceptors (Lipinski definition) is 3. The van der Waals surface area contributed by atoms with Crippen LogP contribution in [0.1, 0.15) is 17.5 Å². The van der Waals surface area contributed by atoms with Gasteiger partial charge in [0.1, 0.15) is 6.07 Å². The second-order valence-electron chi connectivity index (χ2n) is 5.19. The van der Waals surface area contributed by atoms with Crippen molar-refractivity contribution in [2.24, 2.45) is 0 Å². The molecule has 108 valence electrons. The first-order valence-electron chi connectivity index (χ1n) is 6.35. The van der Waals surface area contributed by atoms with Gasteiger partial charge in [0.2, 0.25) is 0 Å². The average Bonchev–Trinajstić information content (AvgIpc) is 2.86. The second kappa shape index (κ2) is 5.33. The molecule has 1 aliphatic rings. The van der Waals surface area contributed by atoms with E-state index >= 15 is 0 Å². The lowest BCUT2D eigenvalue weighted by atomic mass is 10.1. The van der Waals surface area contributed by atoms with Crippen LogP contribution in [0.15, 0.2) is 18.2 Å². The molecule has 0 aromatic heterocycles. The van der Waals surface area contributed by atoms with Gasteiger partial charge in [-0.05, 0) is 38.7 Å². The van der Waals surface area contributed by atoms with E-state index in [-0.39, 0.29) is 5.56 Å². The minimum atomic E-state index is -4.42. The Morgan fingerprint density at radius 1 is 1.35 bits per heavy atom. The molecule has 0 radical (unpaired) electrons. The first-order valence-corrected chi connectivity index (χ1v) is 6.35. The Bertz CT molecular complexity index is 531. The number of benzene rings is 1.